The first-order valence-corrected chi connectivity index (χ1v) is 10.9. The monoisotopic (exact) mass is 444 g/mol. The zero-order valence-electron chi connectivity index (χ0n) is 17.2. The van der Waals surface area contributed by atoms with Gasteiger partial charge in [0.2, 0.25) is 0 Å². The van der Waals surface area contributed by atoms with E-state index in [-0.39, 0.29) is 23.6 Å². The Morgan fingerprint density at radius 3 is 2.75 bits per heavy atom. The Hall–Kier alpha value is -3.57. The second kappa shape index (κ2) is 8.52. The molecule has 3 aromatic rings. The summed E-state index contributed by atoms with van der Waals surface area (Å²) >= 11 is 5.91. The van der Waals surface area contributed by atoms with Crippen LogP contribution in [0.15, 0.2) is 72.5 Å². The van der Waals surface area contributed by atoms with Crippen LogP contribution in [-0.2, 0) is 11.2 Å². The fourth-order valence-corrected chi connectivity index (χ4v) is 4.28. The van der Waals surface area contributed by atoms with Crippen LogP contribution < -0.4 is 15.4 Å². The SMILES string of the molecule is O=C1Nc2cc(C(=O)N[C@@H]3CCCc4ccccc43)ccc2O/C1=C\c1ccc(Cl)cc1. The van der Waals surface area contributed by atoms with Crippen LogP contribution in [0.1, 0.15) is 45.9 Å². The van der Waals surface area contributed by atoms with Crippen LogP contribution in [-0.4, -0.2) is 11.8 Å². The van der Waals surface area contributed by atoms with E-state index in [1.54, 1.807) is 48.5 Å². The van der Waals surface area contributed by atoms with Crippen molar-refractivity contribution in [3.63, 3.8) is 0 Å². The van der Waals surface area contributed by atoms with Crippen LogP contribution in [0.5, 0.6) is 5.75 Å². The van der Waals surface area contributed by atoms with E-state index < -0.39 is 0 Å². The molecule has 5 rings (SSSR count). The number of benzene rings is 3. The maximum atomic E-state index is 12.9. The lowest BCUT2D eigenvalue weighted by atomic mass is 9.87. The molecule has 0 radical (unpaired) electrons. The van der Waals surface area contributed by atoms with Gasteiger partial charge in [-0.25, -0.2) is 0 Å². The van der Waals surface area contributed by atoms with Crippen molar-refractivity contribution in [2.45, 2.75) is 25.3 Å². The fourth-order valence-electron chi connectivity index (χ4n) is 4.16. The minimum atomic E-state index is -0.369. The summed E-state index contributed by atoms with van der Waals surface area (Å²) in [5.41, 5.74) is 4.21. The molecule has 2 amide bonds. The van der Waals surface area contributed by atoms with E-state index in [1.807, 2.05) is 12.1 Å². The Balaban J connectivity index is 1.34. The summed E-state index contributed by atoms with van der Waals surface area (Å²) in [4.78, 5) is 25.5. The van der Waals surface area contributed by atoms with Crippen LogP contribution in [0.2, 0.25) is 5.02 Å². The highest BCUT2D eigenvalue weighted by atomic mass is 35.5. The minimum Gasteiger partial charge on any atom is -0.449 e. The van der Waals surface area contributed by atoms with Gasteiger partial charge in [0.05, 0.1) is 11.7 Å². The smallest absolute Gasteiger partial charge is 0.291 e. The molecule has 1 aliphatic heterocycles. The summed E-state index contributed by atoms with van der Waals surface area (Å²) in [6.07, 6.45) is 4.64. The number of hydrogen-bond acceptors (Lipinski definition) is 3. The van der Waals surface area contributed by atoms with Gasteiger partial charge in [-0.2, -0.15) is 0 Å². The summed E-state index contributed by atoms with van der Waals surface area (Å²) in [6.45, 7) is 0. The highest BCUT2D eigenvalue weighted by Gasteiger charge is 2.25. The summed E-state index contributed by atoms with van der Waals surface area (Å²) in [7, 11) is 0. The Morgan fingerprint density at radius 1 is 1.09 bits per heavy atom. The Kier molecular flexibility index (Phi) is 5.41. The number of carbonyl (C=O) groups excluding carboxylic acids is 2. The molecule has 0 bridgehead atoms. The standard InChI is InChI=1S/C26H21ClN2O3/c27-19-11-8-16(9-12-19)14-24-26(31)29-22-15-18(10-13-23(22)32-24)25(30)28-21-7-3-5-17-4-1-2-6-20(17)21/h1-2,4,6,8-15,21H,3,5,7H2,(H,28,30)(H,29,31)/b24-14-/t21-/m1/s1. The largest absolute Gasteiger partial charge is 0.449 e. The van der Waals surface area contributed by atoms with Crippen LogP contribution in [0.3, 0.4) is 0 Å². The number of anilines is 1. The molecule has 160 valence electrons. The van der Waals surface area contributed by atoms with Gasteiger partial charge in [-0.15, -0.1) is 0 Å². The van der Waals surface area contributed by atoms with Crippen LogP contribution in [0, 0.1) is 0 Å². The Labute approximate surface area is 191 Å². The van der Waals surface area contributed by atoms with Crippen molar-refractivity contribution in [1.82, 2.24) is 5.32 Å². The molecule has 1 atom stereocenters. The van der Waals surface area contributed by atoms with Crippen molar-refractivity contribution >= 4 is 35.2 Å². The van der Waals surface area contributed by atoms with Gasteiger partial charge in [-0.05, 0) is 72.4 Å². The van der Waals surface area contributed by atoms with Gasteiger partial charge in [-0.3, -0.25) is 9.59 Å². The summed E-state index contributed by atoms with van der Waals surface area (Å²) in [6, 6.07) is 20.4. The van der Waals surface area contributed by atoms with Crippen molar-refractivity contribution in [3.8, 4) is 5.75 Å². The van der Waals surface area contributed by atoms with E-state index in [1.165, 1.54) is 11.1 Å². The quantitative estimate of drug-likeness (QED) is 0.523. The molecule has 1 aliphatic carbocycles. The fraction of sp³-hybridized carbons (Fsp3) is 0.154. The molecular formula is C26H21ClN2O3. The molecule has 1 heterocycles. The van der Waals surface area contributed by atoms with Crippen molar-refractivity contribution in [2.24, 2.45) is 0 Å². The Morgan fingerprint density at radius 2 is 1.91 bits per heavy atom. The van der Waals surface area contributed by atoms with Gasteiger partial charge < -0.3 is 15.4 Å². The van der Waals surface area contributed by atoms with Crippen molar-refractivity contribution in [3.05, 3.63) is 99.8 Å². The van der Waals surface area contributed by atoms with E-state index in [4.69, 9.17) is 16.3 Å². The van der Waals surface area contributed by atoms with E-state index in [0.717, 1.165) is 24.8 Å². The number of carbonyl (C=O) groups is 2. The molecule has 0 unspecified atom stereocenters. The van der Waals surface area contributed by atoms with Crippen LogP contribution in [0.25, 0.3) is 6.08 Å². The molecule has 5 nitrogen and oxygen atoms in total. The van der Waals surface area contributed by atoms with Crippen molar-refractivity contribution in [1.29, 1.82) is 0 Å². The first-order valence-electron chi connectivity index (χ1n) is 10.6. The lowest BCUT2D eigenvalue weighted by Crippen LogP contribution is -2.31. The molecule has 0 fully saturated rings. The third-order valence-electron chi connectivity index (χ3n) is 5.78. The number of amides is 2. The highest BCUT2D eigenvalue weighted by molar-refractivity contribution is 6.30. The molecule has 3 aromatic carbocycles. The second-order valence-electron chi connectivity index (χ2n) is 7.94. The number of nitrogens with one attached hydrogen (secondary N) is 2. The number of rotatable bonds is 3. The van der Waals surface area contributed by atoms with Crippen LogP contribution >= 0.6 is 11.6 Å². The number of hydrogen-bond donors (Lipinski definition) is 2. The van der Waals surface area contributed by atoms with Gasteiger partial charge in [0.15, 0.2) is 11.5 Å². The maximum Gasteiger partial charge on any atom is 0.291 e. The average molecular weight is 445 g/mol. The van der Waals surface area contributed by atoms with E-state index in [2.05, 4.69) is 22.8 Å². The Bertz CT molecular complexity index is 1230. The van der Waals surface area contributed by atoms with Crippen LogP contribution in [0.4, 0.5) is 5.69 Å². The third-order valence-corrected chi connectivity index (χ3v) is 6.03. The first kappa shape index (κ1) is 20.3. The van der Waals surface area contributed by atoms with Gasteiger partial charge in [0, 0.05) is 10.6 Å². The maximum absolute atomic E-state index is 12.9. The second-order valence-corrected chi connectivity index (χ2v) is 8.38. The molecule has 32 heavy (non-hydrogen) atoms. The molecule has 0 aromatic heterocycles. The van der Waals surface area contributed by atoms with Crippen molar-refractivity contribution < 1.29 is 14.3 Å². The third kappa shape index (κ3) is 4.12. The molecule has 0 saturated heterocycles. The average Bonchev–Trinajstić information content (AvgIpc) is 2.81. The van der Waals surface area contributed by atoms with Gasteiger partial charge >= 0.3 is 0 Å². The number of fused-ring (bicyclic) bond motifs is 2. The van der Waals surface area contributed by atoms with E-state index in [9.17, 15) is 9.59 Å². The summed E-state index contributed by atoms with van der Waals surface area (Å²) in [5, 5.41) is 6.58. The zero-order chi connectivity index (χ0) is 22.1. The summed E-state index contributed by atoms with van der Waals surface area (Å²) < 4.78 is 5.79. The minimum absolute atomic E-state index is 0.0109. The topological polar surface area (TPSA) is 67.4 Å². The summed E-state index contributed by atoms with van der Waals surface area (Å²) in [5.74, 6) is 0.123. The predicted octanol–water partition coefficient (Wildman–Crippen LogP) is 5.52. The van der Waals surface area contributed by atoms with E-state index in [0.29, 0.717) is 22.0 Å². The molecule has 2 N–H and O–H groups in total. The molecule has 0 saturated carbocycles. The molecule has 2 aliphatic rings. The molecule has 0 spiro atoms. The number of halogens is 1. The normalized spacial score (nSPS) is 18.2. The lowest BCUT2D eigenvalue weighted by molar-refractivity contribution is -0.115. The van der Waals surface area contributed by atoms with Gasteiger partial charge in [0.1, 0.15) is 0 Å². The van der Waals surface area contributed by atoms with Crippen molar-refractivity contribution in [2.75, 3.05) is 5.32 Å². The molecular weight excluding hydrogens is 424 g/mol. The van der Waals surface area contributed by atoms with E-state index >= 15 is 0 Å². The number of aryl methyl sites for hydroxylation is 1. The zero-order valence-corrected chi connectivity index (χ0v) is 18.0. The lowest BCUT2D eigenvalue weighted by Gasteiger charge is -2.26. The highest BCUT2D eigenvalue weighted by Crippen LogP contribution is 2.33. The predicted molar refractivity (Wildman–Crippen MR) is 125 cm³/mol. The first-order chi connectivity index (χ1) is 15.6. The number of ether oxygens (including phenoxy) is 1. The van der Waals surface area contributed by atoms with Gasteiger partial charge in [-0.1, -0.05) is 48.0 Å². The van der Waals surface area contributed by atoms with Gasteiger partial charge in [0.25, 0.3) is 11.8 Å². The molecule has 6 heteroatoms.